The quantitative estimate of drug-likeness (QED) is 0.799. The van der Waals surface area contributed by atoms with Gasteiger partial charge in [-0.3, -0.25) is 4.79 Å². The van der Waals surface area contributed by atoms with Gasteiger partial charge in [0, 0.05) is 4.88 Å². The highest BCUT2D eigenvalue weighted by molar-refractivity contribution is 7.13. The van der Waals surface area contributed by atoms with Crippen LogP contribution in [-0.4, -0.2) is 24.6 Å². The van der Waals surface area contributed by atoms with E-state index in [4.69, 9.17) is 9.47 Å². The number of esters is 2. The predicted molar refractivity (Wildman–Crippen MR) is 79.0 cm³/mol. The Hall–Kier alpha value is -1.36. The average Bonchev–Trinajstić information content (AvgIpc) is 2.73. The summed E-state index contributed by atoms with van der Waals surface area (Å²) in [6.45, 7) is 9.15. The molecule has 0 aliphatic carbocycles. The van der Waals surface area contributed by atoms with E-state index in [1.54, 1.807) is 6.07 Å². The molecule has 0 radical (unpaired) electrons. The van der Waals surface area contributed by atoms with Gasteiger partial charge in [-0.25, -0.2) is 4.79 Å². The van der Waals surface area contributed by atoms with E-state index < -0.39 is 11.0 Å². The largest absolute Gasteiger partial charge is 0.469 e. The second kappa shape index (κ2) is 5.95. The van der Waals surface area contributed by atoms with Crippen LogP contribution in [0.25, 0.3) is 0 Å². The fourth-order valence-electron chi connectivity index (χ4n) is 1.70. The summed E-state index contributed by atoms with van der Waals surface area (Å²) in [4.78, 5) is 25.1. The van der Waals surface area contributed by atoms with Gasteiger partial charge in [0.1, 0.15) is 10.5 Å². The molecule has 5 heteroatoms. The third-order valence-corrected chi connectivity index (χ3v) is 3.68. The molecule has 4 nitrogen and oxygen atoms in total. The number of ether oxygens (including phenoxy) is 2. The van der Waals surface area contributed by atoms with E-state index in [1.165, 1.54) is 18.4 Å². The molecule has 0 aliphatic heterocycles. The van der Waals surface area contributed by atoms with Crippen LogP contribution in [0.2, 0.25) is 0 Å². The van der Waals surface area contributed by atoms with Crippen LogP contribution >= 0.6 is 11.3 Å². The summed E-state index contributed by atoms with van der Waals surface area (Å²) in [6.07, 6.45) is 0.535. The lowest BCUT2D eigenvalue weighted by Gasteiger charge is -2.20. The van der Waals surface area contributed by atoms with Gasteiger partial charge in [0.2, 0.25) is 0 Å². The summed E-state index contributed by atoms with van der Waals surface area (Å²) < 4.78 is 10.1. The van der Waals surface area contributed by atoms with Gasteiger partial charge in [-0.2, -0.15) is 0 Å². The molecule has 20 heavy (non-hydrogen) atoms. The van der Waals surface area contributed by atoms with Crippen molar-refractivity contribution in [3.8, 4) is 0 Å². The van der Waals surface area contributed by atoms with Crippen LogP contribution < -0.4 is 0 Å². The fourth-order valence-corrected chi connectivity index (χ4v) is 2.81. The topological polar surface area (TPSA) is 52.6 Å². The molecular formula is C15H22O4S. The Balaban J connectivity index is 2.78. The average molecular weight is 298 g/mol. The summed E-state index contributed by atoms with van der Waals surface area (Å²) in [5, 5.41) is 0. The Morgan fingerprint density at radius 3 is 2.25 bits per heavy atom. The van der Waals surface area contributed by atoms with Crippen molar-refractivity contribution >= 4 is 23.3 Å². The molecule has 0 saturated carbocycles. The first-order valence-corrected chi connectivity index (χ1v) is 7.27. The minimum absolute atomic E-state index is 0.260. The zero-order valence-electron chi connectivity index (χ0n) is 12.9. The molecule has 0 amide bonds. The number of hydrogen-bond acceptors (Lipinski definition) is 5. The van der Waals surface area contributed by atoms with Gasteiger partial charge in [0.15, 0.2) is 0 Å². The maximum Gasteiger partial charge on any atom is 0.348 e. The summed E-state index contributed by atoms with van der Waals surface area (Å²) >= 11 is 1.35. The summed E-state index contributed by atoms with van der Waals surface area (Å²) in [6, 6.07) is 3.59. The van der Waals surface area contributed by atoms with E-state index in [-0.39, 0.29) is 11.9 Å². The SMILES string of the molecule is COC(=O)C(C)(C)Cc1ccc(C(=O)OC(C)(C)C)s1. The van der Waals surface area contributed by atoms with Crippen molar-refractivity contribution in [1.29, 1.82) is 0 Å². The predicted octanol–water partition coefficient (Wildman–Crippen LogP) is 3.45. The molecule has 1 rings (SSSR count). The van der Waals surface area contributed by atoms with Gasteiger partial charge in [-0.15, -0.1) is 11.3 Å². The highest BCUT2D eigenvalue weighted by Crippen LogP contribution is 2.28. The third-order valence-electron chi connectivity index (χ3n) is 2.62. The number of hydrogen-bond donors (Lipinski definition) is 0. The minimum Gasteiger partial charge on any atom is -0.469 e. The van der Waals surface area contributed by atoms with Crippen LogP contribution in [0, 0.1) is 5.41 Å². The van der Waals surface area contributed by atoms with Crippen molar-refractivity contribution in [3.05, 3.63) is 21.9 Å². The van der Waals surface area contributed by atoms with Gasteiger partial charge in [-0.05, 0) is 53.2 Å². The van der Waals surface area contributed by atoms with Crippen molar-refractivity contribution in [3.63, 3.8) is 0 Å². The zero-order valence-corrected chi connectivity index (χ0v) is 13.7. The Morgan fingerprint density at radius 2 is 1.75 bits per heavy atom. The molecule has 0 N–H and O–H groups in total. The monoisotopic (exact) mass is 298 g/mol. The number of carbonyl (C=O) groups excluding carboxylic acids is 2. The first-order chi connectivity index (χ1) is 9.05. The van der Waals surface area contributed by atoms with Crippen molar-refractivity contribution < 1.29 is 19.1 Å². The fraction of sp³-hybridized carbons (Fsp3) is 0.600. The molecule has 0 saturated heterocycles. The second-order valence-electron chi connectivity index (χ2n) is 6.32. The normalized spacial score (nSPS) is 12.1. The van der Waals surface area contributed by atoms with Crippen LogP contribution in [0.15, 0.2) is 12.1 Å². The molecule has 0 unspecified atom stereocenters. The van der Waals surface area contributed by atoms with E-state index in [2.05, 4.69) is 0 Å². The lowest BCUT2D eigenvalue weighted by Crippen LogP contribution is -2.27. The molecule has 0 atom stereocenters. The number of carbonyl (C=O) groups is 2. The van der Waals surface area contributed by atoms with Crippen LogP contribution in [0.4, 0.5) is 0 Å². The Morgan fingerprint density at radius 1 is 1.15 bits per heavy atom. The number of thiophene rings is 1. The summed E-state index contributed by atoms with van der Waals surface area (Å²) in [5.41, 5.74) is -1.11. The van der Waals surface area contributed by atoms with Gasteiger partial charge in [0.05, 0.1) is 12.5 Å². The van der Waals surface area contributed by atoms with E-state index in [9.17, 15) is 9.59 Å². The molecule has 112 valence electrons. The molecule has 1 aromatic heterocycles. The maximum absolute atomic E-state index is 11.9. The Labute approximate surface area is 124 Å². The summed E-state index contributed by atoms with van der Waals surface area (Å²) in [7, 11) is 1.38. The molecule has 0 aliphatic rings. The van der Waals surface area contributed by atoms with Crippen LogP contribution in [0.5, 0.6) is 0 Å². The lowest BCUT2D eigenvalue weighted by molar-refractivity contribution is -0.150. The van der Waals surface area contributed by atoms with Crippen LogP contribution in [0.3, 0.4) is 0 Å². The Bertz CT molecular complexity index is 494. The van der Waals surface area contributed by atoms with Gasteiger partial charge >= 0.3 is 11.9 Å². The van der Waals surface area contributed by atoms with Crippen molar-refractivity contribution in [1.82, 2.24) is 0 Å². The number of methoxy groups -OCH3 is 1. The summed E-state index contributed by atoms with van der Waals surface area (Å²) in [5.74, 6) is -0.589. The first kappa shape index (κ1) is 16.7. The van der Waals surface area contributed by atoms with E-state index in [0.717, 1.165) is 4.88 Å². The lowest BCUT2D eigenvalue weighted by atomic mass is 9.89. The van der Waals surface area contributed by atoms with E-state index >= 15 is 0 Å². The molecule has 1 heterocycles. The second-order valence-corrected chi connectivity index (χ2v) is 7.49. The molecule has 0 spiro atoms. The first-order valence-electron chi connectivity index (χ1n) is 6.45. The van der Waals surface area contributed by atoms with Crippen molar-refractivity contribution in [2.24, 2.45) is 5.41 Å². The van der Waals surface area contributed by atoms with Gasteiger partial charge in [-0.1, -0.05) is 0 Å². The zero-order chi connectivity index (χ0) is 15.6. The van der Waals surface area contributed by atoms with Gasteiger partial charge in [0.25, 0.3) is 0 Å². The Kier molecular flexibility index (Phi) is 4.97. The smallest absolute Gasteiger partial charge is 0.348 e. The molecule has 0 fully saturated rings. The van der Waals surface area contributed by atoms with Crippen molar-refractivity contribution in [2.45, 2.75) is 46.6 Å². The van der Waals surface area contributed by atoms with E-state index in [0.29, 0.717) is 11.3 Å². The van der Waals surface area contributed by atoms with Gasteiger partial charge < -0.3 is 9.47 Å². The van der Waals surface area contributed by atoms with Crippen LogP contribution in [0.1, 0.15) is 49.2 Å². The standard InChI is InChI=1S/C15H22O4S/c1-14(2,3)19-12(16)11-8-7-10(20-11)9-15(4,5)13(17)18-6/h7-8H,9H2,1-6H3. The molecule has 0 bridgehead atoms. The molecular weight excluding hydrogens is 276 g/mol. The maximum atomic E-state index is 11.9. The third kappa shape index (κ3) is 4.63. The number of rotatable bonds is 4. The van der Waals surface area contributed by atoms with Crippen LogP contribution in [-0.2, 0) is 20.7 Å². The minimum atomic E-state index is -0.606. The van der Waals surface area contributed by atoms with Crippen molar-refractivity contribution in [2.75, 3.05) is 7.11 Å². The molecule has 0 aromatic carbocycles. The highest BCUT2D eigenvalue weighted by Gasteiger charge is 2.30. The molecule has 1 aromatic rings. The van der Waals surface area contributed by atoms with E-state index in [1.807, 2.05) is 40.7 Å². The highest BCUT2D eigenvalue weighted by atomic mass is 32.1.